The van der Waals surface area contributed by atoms with Crippen LogP contribution < -0.4 is 21.3 Å². The van der Waals surface area contributed by atoms with Crippen LogP contribution in [0.1, 0.15) is 89.9 Å². The van der Waals surface area contributed by atoms with Crippen LogP contribution in [0.3, 0.4) is 0 Å². The van der Waals surface area contributed by atoms with Gasteiger partial charge in [0.05, 0.1) is 11.4 Å². The average Bonchev–Trinajstić information content (AvgIpc) is 4.07. The second kappa shape index (κ2) is 24.1. The van der Waals surface area contributed by atoms with E-state index in [-0.39, 0.29) is 11.8 Å². The lowest BCUT2D eigenvalue weighted by atomic mass is 10.1. The van der Waals surface area contributed by atoms with Crippen LogP contribution in [0.15, 0.2) is 145 Å². The Morgan fingerprint density at radius 2 is 1.07 bits per heavy atom. The molecule has 364 valence electrons. The van der Waals surface area contributed by atoms with E-state index in [2.05, 4.69) is 90.8 Å². The lowest BCUT2D eigenvalue weighted by Gasteiger charge is -2.30. The minimum absolute atomic E-state index is 0.113. The number of hydrogen-bond acceptors (Lipinski definition) is 12. The Labute approximate surface area is 425 Å². The Morgan fingerprint density at radius 3 is 1.51 bits per heavy atom. The molecule has 0 unspecified atom stereocenters. The number of aromatic nitrogens is 4. The van der Waals surface area contributed by atoms with Gasteiger partial charge in [-0.15, -0.1) is 22.7 Å². The molecule has 0 bridgehead atoms. The maximum atomic E-state index is 12.9. The van der Waals surface area contributed by atoms with Gasteiger partial charge in [0.2, 0.25) is 0 Å². The summed E-state index contributed by atoms with van der Waals surface area (Å²) in [6.07, 6.45) is 11.0. The van der Waals surface area contributed by atoms with E-state index in [9.17, 15) is 9.59 Å². The number of nitrogens with one attached hydrogen (secondary N) is 4. The minimum Gasteiger partial charge on any atom is -0.331 e. The number of hydrogen-bond donors (Lipinski definition) is 4. The van der Waals surface area contributed by atoms with Crippen molar-refractivity contribution in [2.45, 2.75) is 86.0 Å². The van der Waals surface area contributed by atoms with Gasteiger partial charge in [-0.1, -0.05) is 42.8 Å². The number of thiazole rings is 2. The SMILES string of the molecule is Cc1ccc(NC(=O)c2ccc(CN(C(C)C)C(C)C)cc2)cc1Nc1nc(-c2cccnc2)cs1.Cc1ccc(NC(=O)c2ccc(CN3CCCCC3)cc2)cc1Nc1nc(-c2cccnc2)cs1. The molecule has 12 nitrogen and oxygen atoms in total. The van der Waals surface area contributed by atoms with Crippen LogP contribution in [0.5, 0.6) is 0 Å². The molecule has 4 aromatic heterocycles. The van der Waals surface area contributed by atoms with Crippen molar-refractivity contribution in [3.63, 3.8) is 0 Å². The van der Waals surface area contributed by atoms with E-state index in [0.29, 0.717) is 23.2 Å². The molecule has 0 radical (unpaired) electrons. The van der Waals surface area contributed by atoms with Gasteiger partial charge >= 0.3 is 0 Å². The van der Waals surface area contributed by atoms with Gasteiger partial charge in [-0.3, -0.25) is 29.4 Å². The maximum Gasteiger partial charge on any atom is 0.255 e. The number of carbonyl (C=O) groups excluding carboxylic acids is 2. The Bertz CT molecular complexity index is 2980. The van der Waals surface area contributed by atoms with Crippen molar-refractivity contribution in [3.8, 4) is 22.5 Å². The fourth-order valence-corrected chi connectivity index (χ4v) is 9.80. The fourth-order valence-electron chi connectivity index (χ4n) is 8.33. The number of anilines is 6. The van der Waals surface area contributed by atoms with Crippen molar-refractivity contribution in [2.75, 3.05) is 34.4 Å². The molecule has 1 aliphatic heterocycles. The molecule has 2 amide bonds. The molecular weight excluding hydrogens is 921 g/mol. The van der Waals surface area contributed by atoms with E-state index in [1.165, 1.54) is 53.1 Å². The summed E-state index contributed by atoms with van der Waals surface area (Å²) < 4.78 is 0. The molecular formula is C57H62N10O2S2. The predicted octanol–water partition coefficient (Wildman–Crippen LogP) is 13.6. The molecule has 71 heavy (non-hydrogen) atoms. The van der Waals surface area contributed by atoms with Crippen molar-refractivity contribution in [1.82, 2.24) is 29.7 Å². The van der Waals surface area contributed by atoms with Crippen molar-refractivity contribution in [3.05, 3.63) is 178 Å². The number of likely N-dealkylation sites (tertiary alicyclic amines) is 1. The fraction of sp³-hybridized carbons (Fsp3) is 0.263. The third-order valence-corrected chi connectivity index (χ3v) is 13.9. The number of carbonyl (C=O) groups is 2. The van der Waals surface area contributed by atoms with Gasteiger partial charge in [0.1, 0.15) is 0 Å². The highest BCUT2D eigenvalue weighted by Gasteiger charge is 2.16. The summed E-state index contributed by atoms with van der Waals surface area (Å²) in [5.74, 6) is -0.244. The molecule has 9 rings (SSSR count). The summed E-state index contributed by atoms with van der Waals surface area (Å²) in [6.45, 7) is 17.0. The molecule has 8 aromatic rings. The van der Waals surface area contributed by atoms with E-state index < -0.39 is 0 Å². The van der Waals surface area contributed by atoms with Gasteiger partial charge in [0.25, 0.3) is 11.8 Å². The van der Waals surface area contributed by atoms with E-state index >= 15 is 0 Å². The molecule has 1 saturated heterocycles. The highest BCUT2D eigenvalue weighted by molar-refractivity contribution is 7.14. The standard InChI is InChI=1S/C29H33N5OS.C28H29N5OS/c1-19(2)34(20(3)4)17-22-9-11-23(12-10-22)28(35)31-25-13-8-21(5)26(15-25)32-29-33-27(18-36-29)24-7-6-14-30-16-24;1-20-7-12-24(16-25(20)31-28-32-26(19-35-28)23-6-5-13-29-17-23)30-27(34)22-10-8-21(9-11-22)18-33-14-3-2-4-15-33/h6-16,18-20H,17H2,1-5H3,(H,31,35)(H,32,33);5-13,16-17,19H,2-4,14-15,18H2,1H3,(H,30,34)(H,31,32). The number of pyridine rings is 2. The third kappa shape index (κ3) is 14.0. The molecule has 5 heterocycles. The second-order valence-electron chi connectivity index (χ2n) is 18.4. The number of rotatable bonds is 16. The first-order chi connectivity index (χ1) is 34.4. The van der Waals surface area contributed by atoms with Gasteiger partial charge in [-0.2, -0.15) is 0 Å². The van der Waals surface area contributed by atoms with E-state index in [1.807, 2.05) is 122 Å². The van der Waals surface area contributed by atoms with Crippen LogP contribution in [0.2, 0.25) is 0 Å². The lowest BCUT2D eigenvalue weighted by Crippen LogP contribution is -2.36. The number of piperidine rings is 1. The Balaban J connectivity index is 0.000000190. The van der Waals surface area contributed by atoms with Gasteiger partial charge in [0, 0.05) is 106 Å². The number of amides is 2. The second-order valence-corrected chi connectivity index (χ2v) is 20.1. The zero-order valence-corrected chi connectivity index (χ0v) is 42.9. The number of benzene rings is 4. The number of aryl methyl sites for hydroxylation is 2. The smallest absolute Gasteiger partial charge is 0.255 e. The normalized spacial score (nSPS) is 12.6. The first-order valence-electron chi connectivity index (χ1n) is 24.2. The maximum absolute atomic E-state index is 12.9. The highest BCUT2D eigenvalue weighted by Crippen LogP contribution is 2.31. The van der Waals surface area contributed by atoms with Gasteiger partial charge < -0.3 is 21.3 Å². The third-order valence-electron chi connectivity index (χ3n) is 12.4. The van der Waals surface area contributed by atoms with E-state index in [1.54, 1.807) is 24.8 Å². The van der Waals surface area contributed by atoms with Crippen LogP contribution in [-0.2, 0) is 13.1 Å². The van der Waals surface area contributed by atoms with Gasteiger partial charge in [-0.25, -0.2) is 9.97 Å². The monoisotopic (exact) mass is 982 g/mol. The Hall–Kier alpha value is -7.10. The van der Waals surface area contributed by atoms with Crippen molar-refractivity contribution in [1.29, 1.82) is 0 Å². The largest absolute Gasteiger partial charge is 0.331 e. The molecule has 0 spiro atoms. The van der Waals surface area contributed by atoms with Gasteiger partial charge in [-0.05, 0) is 163 Å². The summed E-state index contributed by atoms with van der Waals surface area (Å²) in [5, 5.41) is 18.4. The van der Waals surface area contributed by atoms with Crippen LogP contribution in [0.4, 0.5) is 33.0 Å². The number of nitrogens with zero attached hydrogens (tertiary/aromatic N) is 6. The molecule has 4 aromatic carbocycles. The summed E-state index contributed by atoms with van der Waals surface area (Å²) >= 11 is 3.07. The summed E-state index contributed by atoms with van der Waals surface area (Å²) in [5.41, 5.74) is 12.9. The molecule has 4 N–H and O–H groups in total. The quantitative estimate of drug-likeness (QED) is 0.0740. The summed E-state index contributed by atoms with van der Waals surface area (Å²) in [6, 6.07) is 36.2. The molecule has 1 fully saturated rings. The molecule has 1 aliphatic rings. The molecule has 0 atom stereocenters. The lowest BCUT2D eigenvalue weighted by molar-refractivity contribution is 0.101. The topological polar surface area (TPSA) is 140 Å². The highest BCUT2D eigenvalue weighted by atomic mass is 32.1. The summed E-state index contributed by atoms with van der Waals surface area (Å²) in [4.78, 5) is 48.4. The zero-order valence-electron chi connectivity index (χ0n) is 41.3. The van der Waals surface area contributed by atoms with Crippen molar-refractivity contribution >= 4 is 67.5 Å². The average molecular weight is 983 g/mol. The van der Waals surface area contributed by atoms with E-state index in [0.717, 1.165) is 92.8 Å². The minimum atomic E-state index is -0.131. The molecule has 0 saturated carbocycles. The predicted molar refractivity (Wildman–Crippen MR) is 293 cm³/mol. The molecule has 0 aliphatic carbocycles. The van der Waals surface area contributed by atoms with Crippen LogP contribution in [-0.4, -0.2) is 66.7 Å². The molecule has 14 heteroatoms. The van der Waals surface area contributed by atoms with E-state index in [4.69, 9.17) is 0 Å². The first-order valence-corrected chi connectivity index (χ1v) is 26.0. The van der Waals surface area contributed by atoms with Crippen LogP contribution in [0, 0.1) is 13.8 Å². The Kier molecular flexibility index (Phi) is 17.1. The Morgan fingerprint density at radius 1 is 0.606 bits per heavy atom. The zero-order chi connectivity index (χ0) is 49.7. The van der Waals surface area contributed by atoms with Crippen molar-refractivity contribution < 1.29 is 9.59 Å². The summed E-state index contributed by atoms with van der Waals surface area (Å²) in [7, 11) is 0. The van der Waals surface area contributed by atoms with Crippen LogP contribution in [0.25, 0.3) is 22.5 Å². The van der Waals surface area contributed by atoms with Gasteiger partial charge in [0.15, 0.2) is 10.3 Å². The first kappa shape index (κ1) is 50.3. The van der Waals surface area contributed by atoms with Crippen LogP contribution >= 0.6 is 22.7 Å². The van der Waals surface area contributed by atoms with Crippen molar-refractivity contribution in [2.24, 2.45) is 0 Å².